The van der Waals surface area contributed by atoms with E-state index in [0.29, 0.717) is 11.7 Å². The van der Waals surface area contributed by atoms with Crippen molar-refractivity contribution in [3.63, 3.8) is 0 Å². The summed E-state index contributed by atoms with van der Waals surface area (Å²) in [5.74, 6) is 0.893. The molecule has 134 valence electrons. The van der Waals surface area contributed by atoms with E-state index in [4.69, 9.17) is 16.0 Å². The van der Waals surface area contributed by atoms with Gasteiger partial charge in [0.05, 0.1) is 6.26 Å². The molecule has 2 aromatic rings. The van der Waals surface area contributed by atoms with Crippen LogP contribution in [0.25, 0.3) is 0 Å². The maximum atomic E-state index is 12.3. The van der Waals surface area contributed by atoms with Gasteiger partial charge in [0.2, 0.25) is 0 Å². The van der Waals surface area contributed by atoms with Crippen molar-refractivity contribution in [2.75, 3.05) is 33.2 Å². The van der Waals surface area contributed by atoms with Crippen molar-refractivity contribution in [1.29, 1.82) is 0 Å². The van der Waals surface area contributed by atoms with E-state index in [0.717, 1.165) is 37.6 Å². The summed E-state index contributed by atoms with van der Waals surface area (Å²) >= 11 is 5.94. The molecule has 0 radical (unpaired) electrons. The number of halogens is 1. The first-order valence-electron chi connectivity index (χ1n) is 8.87. The van der Waals surface area contributed by atoms with E-state index in [1.165, 1.54) is 18.4 Å². The van der Waals surface area contributed by atoms with Gasteiger partial charge in [0.25, 0.3) is 5.91 Å². The Morgan fingerprint density at radius 3 is 2.84 bits per heavy atom. The van der Waals surface area contributed by atoms with E-state index in [1.54, 1.807) is 23.3 Å². The Balaban J connectivity index is 1.47. The quantitative estimate of drug-likeness (QED) is 0.782. The van der Waals surface area contributed by atoms with Crippen LogP contribution in [0.1, 0.15) is 29.0 Å². The van der Waals surface area contributed by atoms with Gasteiger partial charge in [-0.3, -0.25) is 4.79 Å². The van der Waals surface area contributed by atoms with Gasteiger partial charge in [-0.1, -0.05) is 23.7 Å². The molecule has 1 atom stereocenters. The van der Waals surface area contributed by atoms with E-state index >= 15 is 0 Å². The third-order valence-corrected chi connectivity index (χ3v) is 5.10. The number of piperidine rings is 1. The number of carbonyl (C=O) groups is 1. The molecule has 5 heteroatoms. The van der Waals surface area contributed by atoms with E-state index in [-0.39, 0.29) is 5.91 Å². The molecule has 1 aliphatic heterocycles. The van der Waals surface area contributed by atoms with Crippen molar-refractivity contribution in [2.24, 2.45) is 5.92 Å². The van der Waals surface area contributed by atoms with E-state index < -0.39 is 0 Å². The van der Waals surface area contributed by atoms with Crippen LogP contribution in [0.3, 0.4) is 0 Å². The van der Waals surface area contributed by atoms with Crippen molar-refractivity contribution in [1.82, 2.24) is 9.80 Å². The zero-order valence-corrected chi connectivity index (χ0v) is 15.4. The molecular formula is C20H25ClN2O2. The van der Waals surface area contributed by atoms with Gasteiger partial charge >= 0.3 is 0 Å². The fraction of sp³-hybridized carbons (Fsp3) is 0.450. The van der Waals surface area contributed by atoms with E-state index in [1.807, 2.05) is 19.2 Å². The SMILES string of the molecule is CN(C[C@@H]1CCCN(CCc2ccc(Cl)cc2)C1)C(=O)c1ccco1. The Bertz CT molecular complexity index is 670. The maximum absolute atomic E-state index is 12.3. The lowest BCUT2D eigenvalue weighted by molar-refractivity contribution is 0.0700. The molecule has 0 N–H and O–H groups in total. The molecule has 4 nitrogen and oxygen atoms in total. The van der Waals surface area contributed by atoms with Gasteiger partial charge in [0.1, 0.15) is 0 Å². The maximum Gasteiger partial charge on any atom is 0.289 e. The molecule has 0 spiro atoms. The summed E-state index contributed by atoms with van der Waals surface area (Å²) in [5.41, 5.74) is 1.32. The molecule has 1 aromatic carbocycles. The lowest BCUT2D eigenvalue weighted by Gasteiger charge is -2.34. The van der Waals surface area contributed by atoms with Crippen LogP contribution in [0, 0.1) is 5.92 Å². The van der Waals surface area contributed by atoms with E-state index in [9.17, 15) is 4.79 Å². The Morgan fingerprint density at radius 2 is 2.12 bits per heavy atom. The third-order valence-electron chi connectivity index (χ3n) is 4.84. The van der Waals surface area contributed by atoms with Crippen LogP contribution >= 0.6 is 11.6 Å². The largest absolute Gasteiger partial charge is 0.459 e. The Kier molecular flexibility index (Phi) is 6.16. The lowest BCUT2D eigenvalue weighted by atomic mass is 9.97. The smallest absolute Gasteiger partial charge is 0.289 e. The zero-order chi connectivity index (χ0) is 17.6. The average Bonchev–Trinajstić information content (AvgIpc) is 3.15. The van der Waals surface area contributed by atoms with Gasteiger partial charge in [-0.25, -0.2) is 0 Å². The Labute approximate surface area is 154 Å². The molecule has 0 aliphatic carbocycles. The molecule has 1 saturated heterocycles. The van der Waals surface area contributed by atoms with Crippen LogP contribution in [0.4, 0.5) is 0 Å². The summed E-state index contributed by atoms with van der Waals surface area (Å²) in [6.45, 7) is 4.01. The Morgan fingerprint density at radius 1 is 1.32 bits per heavy atom. The predicted octanol–water partition coefficient (Wildman–Crippen LogP) is 3.96. The molecule has 3 rings (SSSR count). The van der Waals surface area contributed by atoms with Crippen molar-refractivity contribution in [2.45, 2.75) is 19.3 Å². The molecule has 0 unspecified atom stereocenters. The molecule has 0 bridgehead atoms. The van der Waals surface area contributed by atoms with Crippen LogP contribution in [-0.2, 0) is 6.42 Å². The van der Waals surface area contributed by atoms with Crippen molar-refractivity contribution < 1.29 is 9.21 Å². The molecule has 1 fully saturated rings. The monoisotopic (exact) mass is 360 g/mol. The number of benzene rings is 1. The van der Waals surface area contributed by atoms with Gasteiger partial charge in [0.15, 0.2) is 5.76 Å². The number of hydrogen-bond acceptors (Lipinski definition) is 3. The highest BCUT2D eigenvalue weighted by atomic mass is 35.5. The second-order valence-corrected chi connectivity index (χ2v) is 7.28. The molecule has 1 amide bonds. The minimum Gasteiger partial charge on any atom is -0.459 e. The van der Waals surface area contributed by atoms with Gasteiger partial charge in [0, 0.05) is 31.7 Å². The highest BCUT2D eigenvalue weighted by Gasteiger charge is 2.23. The van der Waals surface area contributed by atoms with Gasteiger partial charge < -0.3 is 14.2 Å². The van der Waals surface area contributed by atoms with Crippen LogP contribution in [0.2, 0.25) is 5.02 Å². The topological polar surface area (TPSA) is 36.7 Å². The van der Waals surface area contributed by atoms with Crippen molar-refractivity contribution in [3.8, 4) is 0 Å². The third kappa shape index (κ3) is 5.10. The second-order valence-electron chi connectivity index (χ2n) is 6.85. The summed E-state index contributed by atoms with van der Waals surface area (Å²) < 4.78 is 5.21. The predicted molar refractivity (Wildman–Crippen MR) is 100.0 cm³/mol. The minimum absolute atomic E-state index is 0.0386. The molecule has 0 saturated carbocycles. The van der Waals surface area contributed by atoms with Gasteiger partial charge in [-0.15, -0.1) is 0 Å². The van der Waals surface area contributed by atoms with Gasteiger partial charge in [-0.05, 0) is 61.6 Å². The summed E-state index contributed by atoms with van der Waals surface area (Å²) in [6.07, 6.45) is 4.94. The number of nitrogens with zero attached hydrogens (tertiary/aromatic N) is 2. The number of rotatable bonds is 6. The summed E-state index contributed by atoms with van der Waals surface area (Å²) in [4.78, 5) is 16.6. The first-order chi connectivity index (χ1) is 12.1. The number of amides is 1. The first-order valence-corrected chi connectivity index (χ1v) is 9.25. The fourth-order valence-electron chi connectivity index (χ4n) is 3.50. The second kappa shape index (κ2) is 8.54. The van der Waals surface area contributed by atoms with Crippen LogP contribution in [0.5, 0.6) is 0 Å². The molecule has 2 heterocycles. The van der Waals surface area contributed by atoms with Crippen LogP contribution in [0.15, 0.2) is 47.1 Å². The number of carbonyl (C=O) groups excluding carboxylic acids is 1. The zero-order valence-electron chi connectivity index (χ0n) is 14.7. The molecular weight excluding hydrogens is 336 g/mol. The molecule has 1 aromatic heterocycles. The summed E-state index contributed by atoms with van der Waals surface area (Å²) in [7, 11) is 1.86. The average molecular weight is 361 g/mol. The van der Waals surface area contributed by atoms with E-state index in [2.05, 4.69) is 17.0 Å². The van der Waals surface area contributed by atoms with Crippen molar-refractivity contribution in [3.05, 3.63) is 59.0 Å². The summed E-state index contributed by atoms with van der Waals surface area (Å²) in [6, 6.07) is 11.6. The molecule has 25 heavy (non-hydrogen) atoms. The number of likely N-dealkylation sites (tertiary alicyclic amines) is 1. The standard InChI is InChI=1S/C20H25ClN2O2/c1-22(20(24)19-5-3-13-25-19)14-17-4-2-11-23(15-17)12-10-16-6-8-18(21)9-7-16/h3,5-9,13,17H,2,4,10-12,14-15H2,1H3/t17-/m0/s1. The fourth-order valence-corrected chi connectivity index (χ4v) is 3.63. The first kappa shape index (κ1) is 18.0. The minimum atomic E-state index is -0.0386. The van der Waals surface area contributed by atoms with Crippen LogP contribution in [-0.4, -0.2) is 48.9 Å². The summed E-state index contributed by atoms with van der Waals surface area (Å²) in [5, 5.41) is 0.783. The van der Waals surface area contributed by atoms with Crippen molar-refractivity contribution >= 4 is 17.5 Å². The highest BCUT2D eigenvalue weighted by molar-refractivity contribution is 6.30. The van der Waals surface area contributed by atoms with Gasteiger partial charge in [-0.2, -0.15) is 0 Å². The van der Waals surface area contributed by atoms with Crippen LogP contribution < -0.4 is 0 Å². The lowest BCUT2D eigenvalue weighted by Crippen LogP contribution is -2.42. The normalized spacial score (nSPS) is 18.2. The number of hydrogen-bond donors (Lipinski definition) is 0. The molecule has 1 aliphatic rings. The highest BCUT2D eigenvalue weighted by Crippen LogP contribution is 2.19. The Hall–Kier alpha value is -1.78. The number of furan rings is 1.